The Bertz CT molecular complexity index is 577. The zero-order valence-corrected chi connectivity index (χ0v) is 10.3. The second kappa shape index (κ2) is 4.97. The molecule has 6 heteroatoms. The maximum Gasteiger partial charge on any atom is 0.252 e. The van der Waals surface area contributed by atoms with Crippen molar-refractivity contribution in [1.29, 1.82) is 0 Å². The van der Waals surface area contributed by atoms with Crippen molar-refractivity contribution >= 4 is 16.8 Å². The number of nitrogens with zero attached hydrogens (tertiary/aromatic N) is 1. The number of aromatic nitrogens is 1. The Labute approximate surface area is 104 Å². The first-order valence-corrected chi connectivity index (χ1v) is 5.42. The molecule has 96 valence electrons. The van der Waals surface area contributed by atoms with E-state index in [0.29, 0.717) is 11.5 Å². The number of amides is 1. The molecule has 0 radical (unpaired) electrons. The number of benzene rings is 1. The first kappa shape index (κ1) is 12.3. The van der Waals surface area contributed by atoms with Gasteiger partial charge in [-0.1, -0.05) is 0 Å². The third-order valence-corrected chi connectivity index (χ3v) is 2.61. The Morgan fingerprint density at radius 3 is 2.78 bits per heavy atom. The Hall–Kier alpha value is -2.21. The quantitative estimate of drug-likeness (QED) is 0.835. The molecule has 0 saturated heterocycles. The minimum absolute atomic E-state index is 0.0713. The van der Waals surface area contributed by atoms with Crippen molar-refractivity contribution in [2.45, 2.75) is 0 Å². The predicted molar refractivity (Wildman–Crippen MR) is 68.5 cm³/mol. The molecule has 2 rings (SSSR count). The Kier molecular flexibility index (Phi) is 3.38. The van der Waals surface area contributed by atoms with Crippen LogP contribution in [0.25, 0.3) is 10.9 Å². The molecule has 0 fully saturated rings. The van der Waals surface area contributed by atoms with Crippen LogP contribution in [0.15, 0.2) is 24.4 Å². The van der Waals surface area contributed by atoms with Crippen molar-refractivity contribution in [3.05, 3.63) is 24.4 Å². The van der Waals surface area contributed by atoms with Crippen LogP contribution in [0.5, 0.6) is 11.5 Å². The van der Waals surface area contributed by atoms with E-state index in [9.17, 15) is 4.79 Å². The second-order valence-corrected chi connectivity index (χ2v) is 3.69. The lowest BCUT2D eigenvalue weighted by Crippen LogP contribution is -2.28. The van der Waals surface area contributed by atoms with Crippen LogP contribution in [0.1, 0.15) is 0 Å². The van der Waals surface area contributed by atoms with Gasteiger partial charge in [0.1, 0.15) is 17.0 Å². The van der Waals surface area contributed by atoms with E-state index < -0.39 is 0 Å². The monoisotopic (exact) mass is 249 g/mol. The summed E-state index contributed by atoms with van der Waals surface area (Å²) in [5, 5.41) is 0.906. The molecular formula is C12H15N3O3. The van der Waals surface area contributed by atoms with Crippen LogP contribution < -0.4 is 20.6 Å². The van der Waals surface area contributed by atoms with Crippen LogP contribution in [0, 0.1) is 0 Å². The van der Waals surface area contributed by atoms with Gasteiger partial charge in [-0.15, -0.1) is 0 Å². The Morgan fingerprint density at radius 2 is 2.17 bits per heavy atom. The van der Waals surface area contributed by atoms with Crippen LogP contribution in [-0.2, 0) is 4.79 Å². The molecule has 1 amide bonds. The van der Waals surface area contributed by atoms with Crippen LogP contribution in [0.2, 0.25) is 0 Å². The highest BCUT2D eigenvalue weighted by atomic mass is 16.5. The van der Waals surface area contributed by atoms with Gasteiger partial charge in [-0.05, 0) is 12.1 Å². The molecule has 18 heavy (non-hydrogen) atoms. The number of nitrogens with one attached hydrogen (secondary N) is 1. The van der Waals surface area contributed by atoms with E-state index in [4.69, 9.17) is 15.2 Å². The maximum absolute atomic E-state index is 11.3. The number of nitrogens with two attached hydrogens (primary N) is 1. The summed E-state index contributed by atoms with van der Waals surface area (Å²) in [5.41, 5.74) is 8.69. The fraction of sp³-hybridized carbons (Fsp3) is 0.250. The van der Waals surface area contributed by atoms with E-state index in [0.717, 1.165) is 10.9 Å². The molecule has 0 saturated carbocycles. The second-order valence-electron chi connectivity index (χ2n) is 3.69. The van der Waals surface area contributed by atoms with Crippen molar-refractivity contribution in [2.24, 2.45) is 5.73 Å². The highest BCUT2D eigenvalue weighted by Crippen LogP contribution is 2.31. The summed E-state index contributed by atoms with van der Waals surface area (Å²) in [7, 11) is 3.16. The van der Waals surface area contributed by atoms with Gasteiger partial charge in [-0.2, -0.15) is 0 Å². The average Bonchev–Trinajstić information content (AvgIpc) is 2.80. The van der Waals surface area contributed by atoms with Crippen molar-refractivity contribution in [1.82, 2.24) is 4.68 Å². The van der Waals surface area contributed by atoms with Crippen LogP contribution in [0.4, 0.5) is 0 Å². The van der Waals surface area contributed by atoms with Gasteiger partial charge in [-0.3, -0.25) is 14.9 Å². The van der Waals surface area contributed by atoms with Crippen molar-refractivity contribution in [2.75, 3.05) is 26.2 Å². The molecule has 1 aromatic carbocycles. The first-order chi connectivity index (χ1) is 8.69. The molecule has 0 bridgehead atoms. The number of ether oxygens (including phenoxy) is 2. The normalized spacial score (nSPS) is 10.4. The van der Waals surface area contributed by atoms with E-state index in [-0.39, 0.29) is 12.5 Å². The van der Waals surface area contributed by atoms with Gasteiger partial charge < -0.3 is 15.2 Å². The molecule has 6 nitrogen and oxygen atoms in total. The fourth-order valence-corrected chi connectivity index (χ4v) is 1.76. The van der Waals surface area contributed by atoms with Crippen LogP contribution in [-0.4, -0.2) is 31.3 Å². The molecule has 3 N–H and O–H groups in total. The van der Waals surface area contributed by atoms with Gasteiger partial charge in [0.25, 0.3) is 5.91 Å². The maximum atomic E-state index is 11.3. The predicted octanol–water partition coefficient (Wildman–Crippen LogP) is 0.687. The molecule has 0 spiro atoms. The lowest BCUT2D eigenvalue weighted by atomic mass is 10.2. The Morgan fingerprint density at radius 1 is 1.39 bits per heavy atom. The van der Waals surface area contributed by atoms with E-state index >= 15 is 0 Å². The van der Waals surface area contributed by atoms with Gasteiger partial charge in [0, 0.05) is 17.6 Å². The number of carbonyl (C=O) groups excluding carboxylic acids is 1. The Balaban J connectivity index is 2.53. The smallest absolute Gasteiger partial charge is 0.252 e. The van der Waals surface area contributed by atoms with Gasteiger partial charge in [0.05, 0.1) is 20.8 Å². The zero-order chi connectivity index (χ0) is 13.1. The molecular weight excluding hydrogens is 234 g/mol. The van der Waals surface area contributed by atoms with Crippen molar-refractivity contribution < 1.29 is 14.3 Å². The van der Waals surface area contributed by atoms with Gasteiger partial charge in [0.15, 0.2) is 0 Å². The molecule has 0 unspecified atom stereocenters. The minimum atomic E-state index is -0.273. The summed E-state index contributed by atoms with van der Waals surface area (Å²) < 4.78 is 12.1. The minimum Gasteiger partial charge on any atom is -0.497 e. The summed E-state index contributed by atoms with van der Waals surface area (Å²) in [6, 6.07) is 5.48. The molecule has 1 heterocycles. The standard InChI is InChI=1S/C12H15N3O3/c1-17-9-5-8-3-4-15(14-11(16)7-13)12(8)10(6-9)18-2/h3-6H,7,13H2,1-2H3,(H,14,16). The summed E-state index contributed by atoms with van der Waals surface area (Å²) in [5.74, 6) is 1.04. The lowest BCUT2D eigenvalue weighted by Gasteiger charge is -2.11. The summed E-state index contributed by atoms with van der Waals surface area (Å²) in [4.78, 5) is 11.3. The van der Waals surface area contributed by atoms with Crippen LogP contribution in [0.3, 0.4) is 0 Å². The molecule has 0 aliphatic rings. The SMILES string of the molecule is COc1cc(OC)c2c(ccn2NC(=O)CN)c1. The third-order valence-electron chi connectivity index (χ3n) is 2.61. The highest BCUT2D eigenvalue weighted by molar-refractivity contribution is 5.92. The zero-order valence-electron chi connectivity index (χ0n) is 10.3. The van der Waals surface area contributed by atoms with E-state index in [2.05, 4.69) is 5.43 Å². The van der Waals surface area contributed by atoms with Crippen molar-refractivity contribution in [3.8, 4) is 11.5 Å². The van der Waals surface area contributed by atoms with Gasteiger partial charge in [0.2, 0.25) is 0 Å². The largest absolute Gasteiger partial charge is 0.497 e. The molecule has 0 aliphatic carbocycles. The number of methoxy groups -OCH3 is 2. The summed E-state index contributed by atoms with van der Waals surface area (Å²) >= 11 is 0. The van der Waals surface area contributed by atoms with Gasteiger partial charge in [-0.25, -0.2) is 0 Å². The first-order valence-electron chi connectivity index (χ1n) is 5.42. The number of hydrogen-bond acceptors (Lipinski definition) is 4. The van der Waals surface area contributed by atoms with Crippen LogP contribution >= 0.6 is 0 Å². The van der Waals surface area contributed by atoms with E-state index in [1.54, 1.807) is 31.2 Å². The molecule has 2 aromatic rings. The van der Waals surface area contributed by atoms with Crippen molar-refractivity contribution in [3.63, 3.8) is 0 Å². The molecule has 0 aliphatic heterocycles. The summed E-state index contributed by atoms with van der Waals surface area (Å²) in [6.45, 7) is -0.0713. The number of hydrogen-bond donors (Lipinski definition) is 2. The number of carbonyl (C=O) groups is 1. The van der Waals surface area contributed by atoms with E-state index in [1.165, 1.54) is 0 Å². The van der Waals surface area contributed by atoms with Gasteiger partial charge >= 0.3 is 0 Å². The number of fused-ring (bicyclic) bond motifs is 1. The topological polar surface area (TPSA) is 78.5 Å². The highest BCUT2D eigenvalue weighted by Gasteiger charge is 2.11. The summed E-state index contributed by atoms with van der Waals surface area (Å²) in [6.07, 6.45) is 1.74. The average molecular weight is 249 g/mol. The fourth-order valence-electron chi connectivity index (χ4n) is 1.76. The number of rotatable bonds is 4. The third kappa shape index (κ3) is 2.10. The lowest BCUT2D eigenvalue weighted by molar-refractivity contribution is -0.115. The van der Waals surface area contributed by atoms with E-state index in [1.807, 2.05) is 12.1 Å². The molecule has 0 atom stereocenters. The molecule has 1 aromatic heterocycles.